The molecule has 5 nitrogen and oxygen atoms in total. The number of carbonyl (C=O) groups is 1. The Labute approximate surface area is 84.9 Å². The molecule has 53 valence electrons. The Morgan fingerprint density at radius 1 is 1.45 bits per heavy atom. The van der Waals surface area contributed by atoms with Gasteiger partial charge in [-0.25, -0.2) is 9.97 Å². The van der Waals surface area contributed by atoms with Crippen LogP contribution in [-0.4, -0.2) is 50.5 Å². The Bertz CT molecular complexity index is 266. The fourth-order valence-corrected chi connectivity index (χ4v) is 0.504. The SMILES string of the molecule is NC(=O)c1nccnc1O.[Na]. The van der Waals surface area contributed by atoms with Crippen molar-refractivity contribution >= 4 is 35.5 Å². The molecule has 0 saturated carbocycles. The number of aromatic hydroxyl groups is 1. The summed E-state index contributed by atoms with van der Waals surface area (Å²) in [5.41, 5.74) is 4.61. The van der Waals surface area contributed by atoms with Crippen LogP contribution in [0.5, 0.6) is 5.88 Å². The molecule has 1 amide bonds. The van der Waals surface area contributed by atoms with Gasteiger partial charge in [-0.2, -0.15) is 0 Å². The van der Waals surface area contributed by atoms with E-state index in [1.165, 1.54) is 12.4 Å². The largest absolute Gasteiger partial charge is 0.492 e. The van der Waals surface area contributed by atoms with Crippen molar-refractivity contribution in [3.63, 3.8) is 0 Å². The first kappa shape index (κ1) is 10.3. The van der Waals surface area contributed by atoms with Crippen LogP contribution in [0.25, 0.3) is 0 Å². The van der Waals surface area contributed by atoms with Gasteiger partial charge >= 0.3 is 0 Å². The predicted octanol–water partition coefficient (Wildman–Crippen LogP) is -1.10. The zero-order valence-corrected chi connectivity index (χ0v) is 7.98. The van der Waals surface area contributed by atoms with Crippen LogP contribution in [0.4, 0.5) is 0 Å². The summed E-state index contributed by atoms with van der Waals surface area (Å²) < 4.78 is 0. The maximum Gasteiger partial charge on any atom is 0.272 e. The van der Waals surface area contributed by atoms with Crippen LogP contribution in [-0.2, 0) is 0 Å². The predicted molar refractivity (Wildman–Crippen MR) is 38.0 cm³/mol. The second-order valence-electron chi connectivity index (χ2n) is 1.59. The van der Waals surface area contributed by atoms with Gasteiger partial charge in [0.25, 0.3) is 5.91 Å². The Balaban J connectivity index is 0.000001000. The van der Waals surface area contributed by atoms with Crippen LogP contribution in [0.15, 0.2) is 12.4 Å². The Morgan fingerprint density at radius 3 is 2.36 bits per heavy atom. The molecule has 0 saturated heterocycles. The minimum atomic E-state index is -0.786. The number of nitrogens with two attached hydrogens (primary N) is 1. The van der Waals surface area contributed by atoms with Crippen molar-refractivity contribution in [3.05, 3.63) is 18.1 Å². The first-order valence-corrected chi connectivity index (χ1v) is 2.51. The van der Waals surface area contributed by atoms with Crippen LogP contribution < -0.4 is 5.73 Å². The summed E-state index contributed by atoms with van der Waals surface area (Å²) in [6, 6.07) is 0. The molecule has 0 aliphatic rings. The van der Waals surface area contributed by atoms with Gasteiger partial charge in [-0.05, 0) is 0 Å². The van der Waals surface area contributed by atoms with Crippen molar-refractivity contribution in [1.82, 2.24) is 9.97 Å². The van der Waals surface area contributed by atoms with Gasteiger partial charge in [-0.3, -0.25) is 4.79 Å². The molecular formula is C5H5N3NaO2. The molecule has 11 heavy (non-hydrogen) atoms. The first-order chi connectivity index (χ1) is 4.72. The number of aromatic nitrogens is 2. The maximum atomic E-state index is 10.4. The van der Waals surface area contributed by atoms with Crippen LogP contribution in [0.3, 0.4) is 0 Å². The quantitative estimate of drug-likeness (QED) is 0.513. The molecule has 1 radical (unpaired) electrons. The fraction of sp³-hybridized carbons (Fsp3) is 0. The molecule has 1 aromatic rings. The van der Waals surface area contributed by atoms with Crippen molar-refractivity contribution in [1.29, 1.82) is 0 Å². The van der Waals surface area contributed by atoms with Gasteiger partial charge in [0.15, 0.2) is 5.69 Å². The van der Waals surface area contributed by atoms with Gasteiger partial charge in [0, 0.05) is 42.0 Å². The molecule has 0 unspecified atom stereocenters. The second-order valence-corrected chi connectivity index (χ2v) is 1.59. The average molecular weight is 162 g/mol. The number of hydrogen-bond donors (Lipinski definition) is 2. The van der Waals surface area contributed by atoms with Crippen LogP contribution in [0, 0.1) is 0 Å². The summed E-state index contributed by atoms with van der Waals surface area (Å²) in [6.45, 7) is 0. The van der Waals surface area contributed by atoms with Gasteiger partial charge in [0.1, 0.15) is 0 Å². The summed E-state index contributed by atoms with van der Waals surface area (Å²) in [4.78, 5) is 17.3. The Morgan fingerprint density at radius 2 is 2.00 bits per heavy atom. The molecule has 0 fully saturated rings. The summed E-state index contributed by atoms with van der Waals surface area (Å²) >= 11 is 0. The number of primary amides is 1. The molecule has 0 aromatic carbocycles. The normalized spacial score (nSPS) is 8.36. The van der Waals surface area contributed by atoms with E-state index in [0.29, 0.717) is 0 Å². The van der Waals surface area contributed by atoms with Gasteiger partial charge in [-0.1, -0.05) is 0 Å². The van der Waals surface area contributed by atoms with Gasteiger partial charge in [0.2, 0.25) is 5.88 Å². The third-order valence-corrected chi connectivity index (χ3v) is 0.912. The van der Waals surface area contributed by atoms with E-state index in [-0.39, 0.29) is 35.3 Å². The zero-order valence-electron chi connectivity index (χ0n) is 5.98. The number of amides is 1. The van der Waals surface area contributed by atoms with E-state index >= 15 is 0 Å². The van der Waals surface area contributed by atoms with Gasteiger partial charge in [-0.15, -0.1) is 0 Å². The smallest absolute Gasteiger partial charge is 0.272 e. The topological polar surface area (TPSA) is 89.1 Å². The standard InChI is InChI=1S/C5H5N3O2.Na/c6-4(9)3-5(10)8-2-1-7-3;/h1-2H,(H2,6,9)(H,8,10);. The molecule has 0 aliphatic carbocycles. The summed E-state index contributed by atoms with van der Waals surface area (Å²) in [5, 5.41) is 8.81. The van der Waals surface area contributed by atoms with Crippen LogP contribution in [0.1, 0.15) is 10.5 Å². The molecule has 0 atom stereocenters. The van der Waals surface area contributed by atoms with Crippen molar-refractivity contribution < 1.29 is 9.90 Å². The van der Waals surface area contributed by atoms with E-state index in [2.05, 4.69) is 9.97 Å². The minimum absolute atomic E-state index is 0. The summed E-state index contributed by atoms with van der Waals surface area (Å²) in [7, 11) is 0. The zero-order chi connectivity index (χ0) is 7.56. The van der Waals surface area contributed by atoms with Gasteiger partial charge < -0.3 is 10.8 Å². The van der Waals surface area contributed by atoms with E-state index in [1.54, 1.807) is 0 Å². The third kappa shape index (κ3) is 2.45. The average Bonchev–Trinajstić information content (AvgIpc) is 1.88. The first-order valence-electron chi connectivity index (χ1n) is 2.51. The van der Waals surface area contributed by atoms with E-state index in [4.69, 9.17) is 10.8 Å². The summed E-state index contributed by atoms with van der Waals surface area (Å²) in [6.07, 6.45) is 2.54. The van der Waals surface area contributed by atoms with E-state index in [9.17, 15) is 4.79 Å². The Hall–Kier alpha value is -0.650. The van der Waals surface area contributed by atoms with Crippen molar-refractivity contribution in [2.75, 3.05) is 0 Å². The van der Waals surface area contributed by atoms with Crippen molar-refractivity contribution in [3.8, 4) is 5.88 Å². The number of carbonyl (C=O) groups excluding carboxylic acids is 1. The molecule has 3 N–H and O–H groups in total. The van der Waals surface area contributed by atoms with Crippen molar-refractivity contribution in [2.45, 2.75) is 0 Å². The molecule has 6 heteroatoms. The molecule has 1 heterocycles. The van der Waals surface area contributed by atoms with E-state index in [1.807, 2.05) is 0 Å². The molecule has 0 bridgehead atoms. The number of rotatable bonds is 1. The number of nitrogens with zero attached hydrogens (tertiary/aromatic N) is 2. The monoisotopic (exact) mass is 162 g/mol. The van der Waals surface area contributed by atoms with Crippen LogP contribution >= 0.6 is 0 Å². The molecule has 1 aromatic heterocycles. The van der Waals surface area contributed by atoms with Crippen molar-refractivity contribution in [2.24, 2.45) is 5.73 Å². The molecule has 0 spiro atoms. The van der Waals surface area contributed by atoms with Gasteiger partial charge in [0.05, 0.1) is 0 Å². The minimum Gasteiger partial charge on any atom is -0.492 e. The van der Waals surface area contributed by atoms with Crippen LogP contribution in [0.2, 0.25) is 0 Å². The summed E-state index contributed by atoms with van der Waals surface area (Å²) in [5.74, 6) is -1.22. The number of hydrogen-bond acceptors (Lipinski definition) is 4. The maximum absolute atomic E-state index is 10.4. The second kappa shape index (κ2) is 4.27. The molecule has 1 rings (SSSR count). The van der Waals surface area contributed by atoms with E-state index in [0.717, 1.165) is 0 Å². The Kier molecular flexibility index (Phi) is 4.02. The third-order valence-electron chi connectivity index (χ3n) is 0.912. The molecule has 0 aliphatic heterocycles. The van der Waals surface area contributed by atoms with E-state index < -0.39 is 11.8 Å². The fourth-order valence-electron chi connectivity index (χ4n) is 0.504. The molecular weight excluding hydrogens is 157 g/mol.